The molecule has 0 unspecified atom stereocenters. The predicted molar refractivity (Wildman–Crippen MR) is 119 cm³/mol. The highest BCUT2D eigenvalue weighted by molar-refractivity contribution is 6.34. The van der Waals surface area contributed by atoms with Gasteiger partial charge in [-0.3, -0.25) is 9.59 Å². The summed E-state index contributed by atoms with van der Waals surface area (Å²) in [4.78, 5) is 27.7. The second-order valence-corrected chi connectivity index (χ2v) is 8.21. The van der Waals surface area contributed by atoms with Gasteiger partial charge in [-0.2, -0.15) is 5.10 Å². The predicted octanol–water partition coefficient (Wildman–Crippen LogP) is 4.77. The first kappa shape index (κ1) is 24.0. The summed E-state index contributed by atoms with van der Waals surface area (Å²) in [5.74, 6) is -1.36. The molecule has 0 spiro atoms. The lowest BCUT2D eigenvalue weighted by molar-refractivity contribution is -0.137. The van der Waals surface area contributed by atoms with Crippen molar-refractivity contribution in [3.05, 3.63) is 68.7 Å². The molecule has 0 aliphatic carbocycles. The number of aryl methyl sites for hydroxylation is 1. The lowest BCUT2D eigenvalue weighted by atomic mass is 10.2. The molecule has 0 aliphatic rings. The molecule has 0 saturated carbocycles. The van der Waals surface area contributed by atoms with Crippen LogP contribution in [0.15, 0.2) is 36.4 Å². The van der Waals surface area contributed by atoms with E-state index in [4.69, 9.17) is 39.9 Å². The number of hydrogen-bond acceptors (Lipinski definition) is 4. The summed E-state index contributed by atoms with van der Waals surface area (Å²) in [7, 11) is 0. The molecule has 168 valence electrons. The fraction of sp³-hybridized carbons (Fsp3) is 0.238. The Hall–Kier alpha value is -2.68. The molecule has 0 fully saturated rings. The van der Waals surface area contributed by atoms with E-state index in [1.54, 1.807) is 24.3 Å². The number of nitrogens with zero attached hydrogens (tertiary/aromatic N) is 3. The maximum Gasteiger partial charge on any atom is 0.303 e. The number of carbonyl (C=O) groups excluding carboxylic acids is 1. The van der Waals surface area contributed by atoms with E-state index in [0.717, 1.165) is 5.56 Å². The molecule has 1 heterocycles. The van der Waals surface area contributed by atoms with Gasteiger partial charge < -0.3 is 10.4 Å². The highest BCUT2D eigenvalue weighted by Gasteiger charge is 2.16. The Balaban J connectivity index is 1.76. The first-order valence-electron chi connectivity index (χ1n) is 9.54. The minimum Gasteiger partial charge on any atom is -0.481 e. The van der Waals surface area contributed by atoms with Gasteiger partial charge in [-0.1, -0.05) is 34.8 Å². The van der Waals surface area contributed by atoms with Gasteiger partial charge in [0.15, 0.2) is 5.82 Å². The van der Waals surface area contributed by atoms with Crippen molar-refractivity contribution in [1.29, 1.82) is 0 Å². The highest BCUT2D eigenvalue weighted by atomic mass is 35.5. The largest absolute Gasteiger partial charge is 0.481 e. The molecule has 0 atom stereocenters. The second-order valence-electron chi connectivity index (χ2n) is 6.93. The van der Waals surface area contributed by atoms with Gasteiger partial charge in [-0.25, -0.2) is 14.1 Å². The Morgan fingerprint density at radius 3 is 2.47 bits per heavy atom. The number of rotatable bonds is 9. The van der Waals surface area contributed by atoms with Crippen LogP contribution in [0.25, 0.3) is 11.4 Å². The van der Waals surface area contributed by atoms with Crippen LogP contribution in [-0.4, -0.2) is 31.7 Å². The zero-order valence-electron chi connectivity index (χ0n) is 16.6. The van der Waals surface area contributed by atoms with Crippen LogP contribution in [0.5, 0.6) is 0 Å². The van der Waals surface area contributed by atoms with Gasteiger partial charge >= 0.3 is 5.97 Å². The van der Waals surface area contributed by atoms with E-state index in [1.807, 2.05) is 0 Å². The number of aliphatic carboxylic acids is 1. The molecule has 1 aromatic heterocycles. The normalized spacial score (nSPS) is 10.9. The van der Waals surface area contributed by atoms with Gasteiger partial charge in [0.1, 0.15) is 11.6 Å². The molecule has 7 nitrogen and oxygen atoms in total. The number of carboxylic acid groups (broad SMARTS) is 1. The first-order valence-corrected chi connectivity index (χ1v) is 10.7. The molecule has 2 N–H and O–H groups in total. The standard InChI is InChI=1S/C21H18Cl3FN4O3/c22-14-6-12(7-15(23)9-14)11-26-19(30)10-18-27-21(13-3-4-16(24)17(25)8-13)28-29(18)5-1-2-20(31)32/h3-4,6-9H,1-2,5,10-11H2,(H,26,30)(H,31,32). The molecule has 11 heteroatoms. The van der Waals surface area contributed by atoms with Crippen molar-refractivity contribution in [2.24, 2.45) is 0 Å². The number of carbonyl (C=O) groups is 2. The van der Waals surface area contributed by atoms with E-state index in [1.165, 1.54) is 16.8 Å². The molecule has 3 rings (SSSR count). The van der Waals surface area contributed by atoms with Crippen LogP contribution in [0.2, 0.25) is 15.1 Å². The Kier molecular flexibility index (Phi) is 8.06. The van der Waals surface area contributed by atoms with Crippen LogP contribution in [0, 0.1) is 5.82 Å². The minimum absolute atomic E-state index is 0.0321. The number of halogens is 4. The Labute approximate surface area is 198 Å². The smallest absolute Gasteiger partial charge is 0.303 e. The third-order valence-corrected chi connectivity index (χ3v) is 5.16. The molecule has 32 heavy (non-hydrogen) atoms. The van der Waals surface area contributed by atoms with Gasteiger partial charge in [0.05, 0.1) is 11.4 Å². The number of nitrogens with one attached hydrogen (secondary N) is 1. The van der Waals surface area contributed by atoms with Crippen molar-refractivity contribution in [2.75, 3.05) is 0 Å². The summed E-state index contributed by atoms with van der Waals surface area (Å²) in [6.07, 6.45) is 0.124. The summed E-state index contributed by atoms with van der Waals surface area (Å²) in [5.41, 5.74) is 1.12. The van der Waals surface area contributed by atoms with Crippen LogP contribution >= 0.6 is 34.8 Å². The zero-order chi connectivity index (χ0) is 23.3. The van der Waals surface area contributed by atoms with Gasteiger partial charge in [0, 0.05) is 35.1 Å². The first-order chi connectivity index (χ1) is 15.2. The fourth-order valence-electron chi connectivity index (χ4n) is 2.94. The lowest BCUT2D eigenvalue weighted by Crippen LogP contribution is -2.26. The Morgan fingerprint density at radius 1 is 1.09 bits per heavy atom. The Bertz CT molecular complexity index is 1130. The average Bonchev–Trinajstić information content (AvgIpc) is 3.10. The van der Waals surface area contributed by atoms with Gasteiger partial charge in [0.2, 0.25) is 5.91 Å². The van der Waals surface area contributed by atoms with E-state index in [0.29, 0.717) is 27.9 Å². The molecule has 2 aromatic carbocycles. The van der Waals surface area contributed by atoms with Crippen LogP contribution in [0.1, 0.15) is 24.2 Å². The van der Waals surface area contributed by atoms with E-state index >= 15 is 0 Å². The Morgan fingerprint density at radius 2 is 1.81 bits per heavy atom. The summed E-state index contributed by atoms with van der Waals surface area (Å²) >= 11 is 17.7. The lowest BCUT2D eigenvalue weighted by Gasteiger charge is -2.07. The number of amides is 1. The van der Waals surface area contributed by atoms with Gasteiger partial charge in [0.25, 0.3) is 0 Å². The number of aromatic nitrogens is 3. The monoisotopic (exact) mass is 498 g/mol. The second kappa shape index (κ2) is 10.8. The maximum atomic E-state index is 13.8. The number of carboxylic acids is 1. The van der Waals surface area contributed by atoms with Crippen molar-refractivity contribution in [3.63, 3.8) is 0 Å². The van der Waals surface area contributed by atoms with Crippen molar-refractivity contribution in [3.8, 4) is 11.4 Å². The summed E-state index contributed by atoms with van der Waals surface area (Å²) in [6.45, 7) is 0.448. The number of hydrogen-bond donors (Lipinski definition) is 2. The topological polar surface area (TPSA) is 97.1 Å². The molecular weight excluding hydrogens is 482 g/mol. The third kappa shape index (κ3) is 6.66. The fourth-order valence-corrected chi connectivity index (χ4v) is 3.63. The maximum absolute atomic E-state index is 13.8. The summed E-state index contributed by atoms with van der Waals surface area (Å²) in [6, 6.07) is 9.13. The van der Waals surface area contributed by atoms with Crippen molar-refractivity contribution in [2.45, 2.75) is 32.4 Å². The van der Waals surface area contributed by atoms with Crippen LogP contribution in [0.3, 0.4) is 0 Å². The minimum atomic E-state index is -0.940. The quantitative estimate of drug-likeness (QED) is 0.442. The van der Waals surface area contributed by atoms with Crippen molar-refractivity contribution >= 4 is 46.7 Å². The van der Waals surface area contributed by atoms with E-state index in [-0.39, 0.29) is 42.7 Å². The zero-order valence-corrected chi connectivity index (χ0v) is 18.9. The molecule has 1 amide bonds. The van der Waals surface area contributed by atoms with Crippen molar-refractivity contribution < 1.29 is 19.1 Å². The summed E-state index contributed by atoms with van der Waals surface area (Å²) in [5, 5.41) is 16.9. The van der Waals surface area contributed by atoms with Crippen LogP contribution in [0.4, 0.5) is 4.39 Å². The molecule has 0 radical (unpaired) electrons. The van der Waals surface area contributed by atoms with Gasteiger partial charge in [-0.15, -0.1) is 0 Å². The van der Waals surface area contributed by atoms with Crippen molar-refractivity contribution in [1.82, 2.24) is 20.1 Å². The van der Waals surface area contributed by atoms with E-state index < -0.39 is 11.8 Å². The molecule has 0 aliphatic heterocycles. The van der Waals surface area contributed by atoms with Gasteiger partial charge in [-0.05, 0) is 48.4 Å². The molecule has 0 bridgehead atoms. The average molecular weight is 500 g/mol. The third-order valence-electron chi connectivity index (χ3n) is 4.42. The van der Waals surface area contributed by atoms with E-state index in [2.05, 4.69) is 15.4 Å². The number of benzene rings is 2. The molecule has 0 saturated heterocycles. The van der Waals surface area contributed by atoms with Crippen LogP contribution < -0.4 is 5.32 Å². The van der Waals surface area contributed by atoms with Crippen LogP contribution in [-0.2, 0) is 29.1 Å². The summed E-state index contributed by atoms with van der Waals surface area (Å²) < 4.78 is 15.3. The SMILES string of the molecule is O=C(O)CCCn1nc(-c2ccc(Cl)c(F)c2)nc1CC(=O)NCc1cc(Cl)cc(Cl)c1. The molecular formula is C21H18Cl3FN4O3. The highest BCUT2D eigenvalue weighted by Crippen LogP contribution is 2.23. The van der Waals surface area contributed by atoms with E-state index in [9.17, 15) is 14.0 Å². The molecule has 3 aromatic rings.